The lowest BCUT2D eigenvalue weighted by molar-refractivity contribution is 0.0202. The van der Waals surface area contributed by atoms with Gasteiger partial charge in [-0.1, -0.05) is 343 Å². The molecule has 0 aliphatic heterocycles. The van der Waals surface area contributed by atoms with Gasteiger partial charge in [0, 0.05) is 0 Å². The summed E-state index contributed by atoms with van der Waals surface area (Å²) >= 11 is 0. The van der Waals surface area contributed by atoms with E-state index >= 15 is 0 Å². The Labute approximate surface area is 692 Å². The van der Waals surface area contributed by atoms with Gasteiger partial charge in [0.05, 0.1) is 0 Å². The molecular formula is C109H212. The lowest BCUT2D eigenvalue weighted by Crippen LogP contribution is -2.38. The van der Waals surface area contributed by atoms with Crippen LogP contribution in [0.3, 0.4) is 0 Å². The van der Waals surface area contributed by atoms with Crippen molar-refractivity contribution < 1.29 is 0 Å². The topological polar surface area (TPSA) is 0 Å². The minimum atomic E-state index is 0.526. The second kappa shape index (κ2) is 37.3. The van der Waals surface area contributed by atoms with Crippen molar-refractivity contribution in [2.45, 2.75) is 510 Å². The average molecular weight is 1520 g/mol. The van der Waals surface area contributed by atoms with Crippen LogP contribution in [0.2, 0.25) is 0 Å². The lowest BCUT2D eigenvalue weighted by atomic mass is 9.56. The summed E-state index contributed by atoms with van der Waals surface area (Å²) in [6.07, 6.45) is 46.2. The fourth-order valence-corrected chi connectivity index (χ4v) is 32.0. The summed E-state index contributed by atoms with van der Waals surface area (Å²) < 4.78 is 0. The second-order valence-electron chi connectivity index (χ2n) is 55.4. The zero-order chi connectivity index (χ0) is 84.4. The molecule has 0 heterocycles. The Balaban J connectivity index is 0.000000256. The fourth-order valence-electron chi connectivity index (χ4n) is 32.0. The molecule has 0 N–H and O–H groups in total. The molecule has 0 spiro atoms. The molecule has 0 aromatic heterocycles. The number of hydrogen-bond acceptors (Lipinski definition) is 0. The van der Waals surface area contributed by atoms with E-state index in [1.807, 2.05) is 0 Å². The van der Waals surface area contributed by atoms with E-state index in [4.69, 9.17) is 0 Å². The molecule has 0 heteroatoms. The normalized spacial score (nSPS) is 35.3. The molecule has 13 aliphatic carbocycles. The molecule has 13 aliphatic rings. The summed E-state index contributed by atoms with van der Waals surface area (Å²) in [6.45, 7) is 106. The Morgan fingerprint density at radius 1 is 0.303 bits per heavy atom. The Morgan fingerprint density at radius 2 is 0.651 bits per heavy atom. The summed E-state index contributed by atoms with van der Waals surface area (Å²) in [5.74, 6) is 16.4. The molecule has 0 saturated heterocycles. The Morgan fingerprint density at radius 3 is 0.872 bits per heavy atom. The van der Waals surface area contributed by atoms with E-state index in [-0.39, 0.29) is 0 Å². The van der Waals surface area contributed by atoms with Gasteiger partial charge in [-0.3, -0.25) is 0 Å². The van der Waals surface area contributed by atoms with Crippen molar-refractivity contribution >= 4 is 0 Å². The van der Waals surface area contributed by atoms with Crippen molar-refractivity contribution in [3.05, 3.63) is 0 Å². The highest BCUT2D eigenvalue weighted by Crippen LogP contribution is 2.64. The van der Waals surface area contributed by atoms with Gasteiger partial charge in [-0.25, -0.2) is 0 Å². The molecule has 10 unspecified atom stereocenters. The summed E-state index contributed by atoms with van der Waals surface area (Å²) in [6, 6.07) is 0. The number of hydrogen-bond donors (Lipinski definition) is 0. The third-order valence-electron chi connectivity index (χ3n) is 36.4. The van der Waals surface area contributed by atoms with Crippen LogP contribution in [0.1, 0.15) is 510 Å². The lowest BCUT2D eigenvalue weighted by Gasteiger charge is -2.49. The monoisotopic (exact) mass is 1520 g/mol. The predicted octanol–water partition coefficient (Wildman–Crippen LogP) is 37.0. The van der Waals surface area contributed by atoms with Gasteiger partial charge < -0.3 is 0 Å². The summed E-state index contributed by atoms with van der Waals surface area (Å²) in [4.78, 5) is 0. The molecule has 13 saturated carbocycles. The highest BCUT2D eigenvalue weighted by atomic mass is 14.6. The van der Waals surface area contributed by atoms with Crippen molar-refractivity contribution in [2.24, 2.45) is 187 Å². The Kier molecular flexibility index (Phi) is 34.7. The van der Waals surface area contributed by atoms with Crippen molar-refractivity contribution in [1.29, 1.82) is 0 Å². The highest BCUT2D eigenvalue weighted by molar-refractivity contribution is 5.04. The molecule has 0 nitrogen and oxygen atoms in total. The zero-order valence-corrected chi connectivity index (χ0v) is 84.4. The molecule has 10 atom stereocenters. The van der Waals surface area contributed by atoms with E-state index in [1.54, 1.807) is 32.1 Å². The van der Waals surface area contributed by atoms with Crippen molar-refractivity contribution in [3.8, 4) is 0 Å². The largest absolute Gasteiger partial charge is 0.0651 e. The van der Waals surface area contributed by atoms with E-state index in [2.05, 4.69) is 305 Å². The van der Waals surface area contributed by atoms with Crippen LogP contribution in [0, 0.1) is 187 Å². The van der Waals surface area contributed by atoms with Crippen LogP contribution in [0.25, 0.3) is 0 Å². The van der Waals surface area contributed by atoms with E-state index in [9.17, 15) is 0 Å². The standard InChI is InChI=1S/4C12H24.3C11H22.C10H18.2C9H16/c1-10(2)7-11(3,4)9-12(5,6)8-10;1-9(2)10-11(3,4)7-8-12(10,5)6;1-7-12(6)8-10(2,3)11(4,5)9-12;1-6-10-7-11(2,3)9-12(4,5)8-10;1-9-6-10(2,3)8-11(4,5)7-9;1-6-9-7-10(2,3)11(4,5)8-9;1-6-9-10(2,3)7-8-11(9,4)5;1-7-8-4-5-9(6-8)10(7,2)3;1-6-7(2)9-4-3-8(6)5-9;1-2-8-5-7-3-4-9(8)6-7/h7-9H2,1-6H3;9-10H,7-8H2,1-6H3;7-9H2,1-6H3;10H,6-9H2,1-5H3;3*9H,6-8H2,1-5H3;7-9H,4-6H2,1-3H3;6-9H,3-5H2,1-2H3;7-9H,2-6H2,1H3. The van der Waals surface area contributed by atoms with Crippen molar-refractivity contribution in [3.63, 3.8) is 0 Å². The van der Waals surface area contributed by atoms with E-state index in [0.717, 1.165) is 94.7 Å². The molecular weight excluding hydrogens is 1310 g/mol. The molecule has 13 fully saturated rings. The molecule has 0 amide bonds. The minimum Gasteiger partial charge on any atom is -0.0651 e. The average Bonchev–Trinajstić information content (AvgIpc) is 1.61. The van der Waals surface area contributed by atoms with Crippen LogP contribution >= 0.6 is 0 Å². The summed E-state index contributed by atoms with van der Waals surface area (Å²) in [5, 5.41) is 0. The van der Waals surface area contributed by atoms with Crippen LogP contribution in [-0.4, -0.2) is 0 Å². The summed E-state index contributed by atoms with van der Waals surface area (Å²) in [7, 11) is 0. The molecule has 648 valence electrons. The van der Waals surface area contributed by atoms with E-state index < -0.39 is 0 Å². The third-order valence-corrected chi connectivity index (χ3v) is 36.4. The molecule has 6 bridgehead atoms. The quantitative estimate of drug-likeness (QED) is 0.249. The van der Waals surface area contributed by atoms with Crippen LogP contribution in [-0.2, 0) is 0 Å². The number of fused-ring (bicyclic) bond motifs is 6. The fraction of sp³-hybridized carbons (Fsp3) is 1.00. The molecule has 0 aromatic carbocycles. The summed E-state index contributed by atoms with van der Waals surface area (Å²) in [5.41, 5.74) is 9.76. The van der Waals surface area contributed by atoms with Crippen LogP contribution in [0.15, 0.2) is 0 Å². The molecule has 0 radical (unpaired) electrons. The van der Waals surface area contributed by atoms with Crippen LogP contribution in [0.4, 0.5) is 0 Å². The van der Waals surface area contributed by atoms with Gasteiger partial charge in [0.25, 0.3) is 0 Å². The Bertz CT molecular complexity index is 2500. The van der Waals surface area contributed by atoms with Gasteiger partial charge in [0.15, 0.2) is 0 Å². The van der Waals surface area contributed by atoms with Crippen molar-refractivity contribution in [1.82, 2.24) is 0 Å². The first-order chi connectivity index (χ1) is 48.9. The first-order valence-corrected chi connectivity index (χ1v) is 48.9. The van der Waals surface area contributed by atoms with Gasteiger partial charge in [0.2, 0.25) is 0 Å². The van der Waals surface area contributed by atoms with Gasteiger partial charge in [-0.2, -0.15) is 0 Å². The SMILES string of the molecule is CC(C)C1C(C)(C)CCC1(C)C.CC1(C)CC(C)(C)CC(C)(C)C1.CC1C2CCC(C2)C1(C)C.CC1C2CCC(C2)C1C.CC1CC(C)(C)CC(C)(C)C1.CCC1(C)CC(C)(C)C(C)(C)C1.CCC1C(C)(C)CCC1(C)C.CCC1CC(C)(C)C(C)(C)C1.CCC1CC(C)(C)CC(C)(C)C1.CCC1CC2CCC1C2. The smallest absolute Gasteiger partial charge is 0.0288 e. The van der Waals surface area contributed by atoms with E-state index in [1.165, 1.54) is 173 Å². The number of rotatable bonds is 6. The van der Waals surface area contributed by atoms with Crippen molar-refractivity contribution in [2.75, 3.05) is 0 Å². The highest BCUT2D eigenvalue weighted by Gasteiger charge is 2.54. The zero-order valence-electron chi connectivity index (χ0n) is 84.4. The Hall–Kier alpha value is 0. The minimum absolute atomic E-state index is 0.526. The third kappa shape index (κ3) is 28.6. The molecule has 109 heavy (non-hydrogen) atoms. The van der Waals surface area contributed by atoms with Gasteiger partial charge in [-0.05, 0) is 354 Å². The van der Waals surface area contributed by atoms with E-state index in [0.29, 0.717) is 92.1 Å². The first kappa shape index (κ1) is 101. The maximum absolute atomic E-state index is 2.46. The van der Waals surface area contributed by atoms with Crippen LogP contribution < -0.4 is 0 Å². The maximum atomic E-state index is 2.46. The van der Waals surface area contributed by atoms with Gasteiger partial charge >= 0.3 is 0 Å². The second-order valence-corrected chi connectivity index (χ2v) is 55.4. The molecule has 13 rings (SSSR count). The predicted molar refractivity (Wildman–Crippen MR) is 495 cm³/mol. The van der Waals surface area contributed by atoms with Gasteiger partial charge in [-0.15, -0.1) is 0 Å². The maximum Gasteiger partial charge on any atom is -0.0288 e. The molecule has 0 aromatic rings. The van der Waals surface area contributed by atoms with Crippen LogP contribution in [0.5, 0.6) is 0 Å². The van der Waals surface area contributed by atoms with Gasteiger partial charge in [0.1, 0.15) is 0 Å². The first-order valence-electron chi connectivity index (χ1n) is 48.9.